The highest BCUT2D eigenvalue weighted by Gasteiger charge is 2.36. The summed E-state index contributed by atoms with van der Waals surface area (Å²) in [5.41, 5.74) is 2.79. The van der Waals surface area contributed by atoms with Gasteiger partial charge in [0, 0.05) is 5.56 Å². The van der Waals surface area contributed by atoms with E-state index >= 15 is 0 Å². The number of allylic oxidation sites excluding steroid dienone is 2. The molecular formula is C24H24F6. The minimum absolute atomic E-state index is 0.00666. The fourth-order valence-corrected chi connectivity index (χ4v) is 4.09. The Bertz CT molecular complexity index is 864. The Morgan fingerprint density at radius 2 is 1.43 bits per heavy atom. The molecule has 0 aromatic heterocycles. The van der Waals surface area contributed by atoms with Crippen LogP contribution in [-0.4, -0.2) is 6.18 Å². The van der Waals surface area contributed by atoms with Gasteiger partial charge in [0.1, 0.15) is 11.6 Å². The van der Waals surface area contributed by atoms with E-state index in [0.717, 1.165) is 11.1 Å². The highest BCUT2D eigenvalue weighted by Crippen LogP contribution is 2.40. The lowest BCUT2D eigenvalue weighted by Crippen LogP contribution is -2.16. The first-order valence-corrected chi connectivity index (χ1v) is 10.1. The number of alkyl halides is 3. The molecule has 1 saturated carbocycles. The number of benzene rings is 2. The third kappa shape index (κ3) is 5.67. The SMILES string of the molecule is Cc1ccc(CCc2cc(F)c(C3CCC(C=C(F)C(F)(F)F)CC3)c(F)c2)cc1. The molecule has 0 bridgehead atoms. The fourth-order valence-electron chi connectivity index (χ4n) is 4.09. The molecule has 6 heteroatoms. The van der Waals surface area contributed by atoms with Crippen LogP contribution in [0.1, 0.15) is 53.9 Å². The van der Waals surface area contributed by atoms with Gasteiger partial charge in [-0.1, -0.05) is 29.8 Å². The molecule has 1 aliphatic carbocycles. The molecule has 30 heavy (non-hydrogen) atoms. The molecule has 0 atom stereocenters. The quantitative estimate of drug-likeness (QED) is 0.429. The number of hydrogen-bond acceptors (Lipinski definition) is 0. The zero-order valence-electron chi connectivity index (χ0n) is 16.7. The van der Waals surface area contributed by atoms with E-state index in [1.807, 2.05) is 31.2 Å². The van der Waals surface area contributed by atoms with Crippen LogP contribution in [0.4, 0.5) is 26.3 Å². The summed E-state index contributed by atoms with van der Waals surface area (Å²) >= 11 is 0. The molecule has 0 aliphatic heterocycles. The second-order valence-corrected chi connectivity index (χ2v) is 8.08. The maximum absolute atomic E-state index is 14.7. The van der Waals surface area contributed by atoms with Gasteiger partial charge >= 0.3 is 6.18 Å². The number of rotatable bonds is 5. The summed E-state index contributed by atoms with van der Waals surface area (Å²) in [5, 5.41) is 0. The molecule has 1 fully saturated rings. The van der Waals surface area contributed by atoms with E-state index in [9.17, 15) is 26.3 Å². The van der Waals surface area contributed by atoms with E-state index in [1.54, 1.807) is 0 Å². The number of halogens is 6. The van der Waals surface area contributed by atoms with E-state index in [0.29, 0.717) is 37.3 Å². The molecule has 2 aromatic carbocycles. The lowest BCUT2D eigenvalue weighted by molar-refractivity contribution is -0.109. The van der Waals surface area contributed by atoms with Gasteiger partial charge in [-0.2, -0.15) is 13.2 Å². The third-order valence-electron chi connectivity index (χ3n) is 5.79. The van der Waals surface area contributed by atoms with Gasteiger partial charge in [-0.3, -0.25) is 0 Å². The maximum atomic E-state index is 14.7. The predicted molar refractivity (Wildman–Crippen MR) is 105 cm³/mol. The first-order chi connectivity index (χ1) is 14.1. The Hall–Kier alpha value is -2.24. The van der Waals surface area contributed by atoms with Gasteiger partial charge in [-0.25, -0.2) is 13.2 Å². The highest BCUT2D eigenvalue weighted by molar-refractivity contribution is 5.31. The van der Waals surface area contributed by atoms with Crippen LogP contribution in [0.2, 0.25) is 0 Å². The molecule has 0 nitrogen and oxygen atoms in total. The molecule has 162 valence electrons. The van der Waals surface area contributed by atoms with Gasteiger partial charge in [0.05, 0.1) is 0 Å². The van der Waals surface area contributed by atoms with Crippen LogP contribution in [0.3, 0.4) is 0 Å². The topological polar surface area (TPSA) is 0 Å². The lowest BCUT2D eigenvalue weighted by atomic mass is 9.78. The van der Waals surface area contributed by atoms with Crippen molar-refractivity contribution in [2.24, 2.45) is 5.92 Å². The van der Waals surface area contributed by atoms with Crippen LogP contribution in [0.15, 0.2) is 48.3 Å². The number of hydrogen-bond donors (Lipinski definition) is 0. The van der Waals surface area contributed by atoms with Gasteiger partial charge in [-0.05, 0) is 86.6 Å². The largest absolute Gasteiger partial charge is 0.442 e. The molecule has 2 aromatic rings. The van der Waals surface area contributed by atoms with Gasteiger partial charge < -0.3 is 0 Å². The first kappa shape index (κ1) is 22.4. The molecular weight excluding hydrogens is 402 g/mol. The second-order valence-electron chi connectivity index (χ2n) is 8.08. The maximum Gasteiger partial charge on any atom is 0.442 e. The van der Waals surface area contributed by atoms with E-state index < -0.39 is 35.5 Å². The average Bonchev–Trinajstić information content (AvgIpc) is 2.67. The molecule has 0 amide bonds. The van der Waals surface area contributed by atoms with Crippen molar-refractivity contribution in [3.63, 3.8) is 0 Å². The molecule has 3 rings (SSSR count). The summed E-state index contributed by atoms with van der Waals surface area (Å²) < 4.78 is 79.5. The molecule has 0 spiro atoms. The van der Waals surface area contributed by atoms with Crippen molar-refractivity contribution in [3.05, 3.63) is 82.2 Å². The molecule has 0 radical (unpaired) electrons. The normalized spacial score (nSPS) is 20.4. The second kappa shape index (κ2) is 9.27. The molecule has 0 unspecified atom stereocenters. The number of aryl methyl sites for hydroxylation is 3. The van der Waals surface area contributed by atoms with E-state index in [2.05, 4.69) is 0 Å². The summed E-state index contributed by atoms with van der Waals surface area (Å²) in [5.74, 6) is -4.30. The fraction of sp³-hybridized carbons (Fsp3) is 0.417. The van der Waals surface area contributed by atoms with Crippen molar-refractivity contribution in [3.8, 4) is 0 Å². The Kier molecular flexibility index (Phi) is 6.94. The van der Waals surface area contributed by atoms with Gasteiger partial charge in [0.25, 0.3) is 0 Å². The van der Waals surface area contributed by atoms with Crippen molar-refractivity contribution in [1.82, 2.24) is 0 Å². The van der Waals surface area contributed by atoms with Gasteiger partial charge in [0.2, 0.25) is 0 Å². The molecule has 1 aliphatic rings. The summed E-state index contributed by atoms with van der Waals surface area (Å²) in [6.07, 6.45) is -2.04. The smallest absolute Gasteiger partial charge is 0.207 e. The first-order valence-electron chi connectivity index (χ1n) is 10.1. The zero-order chi connectivity index (χ0) is 21.9. The Balaban J connectivity index is 1.64. The Morgan fingerprint density at radius 1 is 0.900 bits per heavy atom. The van der Waals surface area contributed by atoms with Crippen LogP contribution in [0.25, 0.3) is 0 Å². The summed E-state index contributed by atoms with van der Waals surface area (Å²) in [4.78, 5) is 0. The van der Waals surface area contributed by atoms with E-state index in [4.69, 9.17) is 0 Å². The van der Waals surface area contributed by atoms with Crippen molar-refractivity contribution in [2.45, 2.75) is 57.5 Å². The van der Waals surface area contributed by atoms with Crippen molar-refractivity contribution in [1.29, 1.82) is 0 Å². The Morgan fingerprint density at radius 3 is 1.97 bits per heavy atom. The van der Waals surface area contributed by atoms with Crippen LogP contribution in [-0.2, 0) is 12.8 Å². The minimum Gasteiger partial charge on any atom is -0.207 e. The monoisotopic (exact) mass is 426 g/mol. The molecule has 0 N–H and O–H groups in total. The highest BCUT2D eigenvalue weighted by atomic mass is 19.4. The van der Waals surface area contributed by atoms with E-state index in [1.165, 1.54) is 12.1 Å². The summed E-state index contributed by atoms with van der Waals surface area (Å²) in [6.45, 7) is 1.99. The van der Waals surface area contributed by atoms with Crippen LogP contribution >= 0.6 is 0 Å². The minimum atomic E-state index is -4.98. The van der Waals surface area contributed by atoms with Gasteiger partial charge in [-0.15, -0.1) is 0 Å². The van der Waals surface area contributed by atoms with Crippen molar-refractivity contribution >= 4 is 0 Å². The third-order valence-corrected chi connectivity index (χ3v) is 5.79. The standard InChI is InChI=1S/C24H24F6/c1-15-2-4-16(5-3-15)6-7-18-12-20(25)23(21(26)13-18)19-10-8-17(9-11-19)14-22(27)24(28,29)30/h2-5,12-14,17,19H,6-11H2,1H3. The zero-order valence-corrected chi connectivity index (χ0v) is 16.7. The van der Waals surface area contributed by atoms with Crippen LogP contribution < -0.4 is 0 Å². The summed E-state index contributed by atoms with van der Waals surface area (Å²) in [7, 11) is 0. The van der Waals surface area contributed by atoms with Crippen molar-refractivity contribution in [2.75, 3.05) is 0 Å². The molecule has 0 saturated heterocycles. The van der Waals surface area contributed by atoms with Gasteiger partial charge in [0.15, 0.2) is 5.83 Å². The predicted octanol–water partition coefficient (Wildman–Crippen LogP) is 7.75. The summed E-state index contributed by atoms with van der Waals surface area (Å²) in [6, 6.07) is 10.7. The van der Waals surface area contributed by atoms with Crippen LogP contribution in [0, 0.1) is 24.5 Å². The Labute approximate surface area is 172 Å². The average molecular weight is 426 g/mol. The molecule has 0 heterocycles. The van der Waals surface area contributed by atoms with E-state index in [-0.39, 0.29) is 18.4 Å². The van der Waals surface area contributed by atoms with Crippen molar-refractivity contribution < 1.29 is 26.3 Å². The lowest BCUT2D eigenvalue weighted by Gasteiger charge is -2.28. The van der Waals surface area contributed by atoms with Crippen LogP contribution in [0.5, 0.6) is 0 Å².